The Balaban J connectivity index is 1.90. The predicted molar refractivity (Wildman–Crippen MR) is 51.9 cm³/mol. The highest BCUT2D eigenvalue weighted by Crippen LogP contribution is 2.41. The molecule has 2 aliphatic rings. The van der Waals surface area contributed by atoms with Gasteiger partial charge in [-0.25, -0.2) is 4.79 Å². The fourth-order valence-electron chi connectivity index (χ4n) is 1.95. The molecule has 1 aliphatic carbocycles. The summed E-state index contributed by atoms with van der Waals surface area (Å²) in [5, 5.41) is 0. The zero-order valence-corrected chi connectivity index (χ0v) is 8.69. The number of ether oxygens (including phenoxy) is 2. The van der Waals surface area contributed by atoms with Crippen LogP contribution in [0, 0.1) is 5.92 Å². The molecule has 1 saturated heterocycles. The zero-order valence-electron chi connectivity index (χ0n) is 8.69. The van der Waals surface area contributed by atoms with Gasteiger partial charge < -0.3 is 9.47 Å². The van der Waals surface area contributed by atoms with Gasteiger partial charge in [0.1, 0.15) is 0 Å². The molecule has 0 aromatic heterocycles. The van der Waals surface area contributed by atoms with Crippen molar-refractivity contribution in [1.29, 1.82) is 0 Å². The SMILES string of the molecule is C=C(C)C(=O)OC(=O)C1CCCC2OC21. The lowest BCUT2D eigenvalue weighted by Gasteiger charge is -2.15. The maximum Gasteiger partial charge on any atom is 0.340 e. The molecule has 4 nitrogen and oxygen atoms in total. The van der Waals surface area contributed by atoms with Crippen LogP contribution >= 0.6 is 0 Å². The average Bonchev–Trinajstić information content (AvgIpc) is 2.95. The van der Waals surface area contributed by atoms with E-state index < -0.39 is 11.9 Å². The third kappa shape index (κ3) is 2.09. The molecule has 0 aromatic rings. The van der Waals surface area contributed by atoms with Crippen molar-refractivity contribution < 1.29 is 19.1 Å². The summed E-state index contributed by atoms with van der Waals surface area (Å²) in [4.78, 5) is 22.7. The summed E-state index contributed by atoms with van der Waals surface area (Å²) in [6.45, 7) is 4.95. The van der Waals surface area contributed by atoms with E-state index in [4.69, 9.17) is 9.47 Å². The van der Waals surface area contributed by atoms with Crippen LogP contribution in [-0.2, 0) is 19.1 Å². The molecular formula is C11H14O4. The third-order valence-electron chi connectivity index (χ3n) is 2.87. The highest BCUT2D eigenvalue weighted by atomic mass is 16.6. The van der Waals surface area contributed by atoms with E-state index in [1.165, 1.54) is 6.92 Å². The maximum atomic E-state index is 11.6. The lowest BCUT2D eigenvalue weighted by Crippen LogP contribution is -2.28. The first kappa shape index (κ1) is 10.4. The Hall–Kier alpha value is -1.16. The van der Waals surface area contributed by atoms with E-state index in [1.807, 2.05) is 0 Å². The molecule has 1 saturated carbocycles. The highest BCUT2D eigenvalue weighted by molar-refractivity contribution is 5.96. The Kier molecular flexibility index (Phi) is 2.61. The van der Waals surface area contributed by atoms with Crippen LogP contribution in [0.5, 0.6) is 0 Å². The van der Waals surface area contributed by atoms with E-state index in [2.05, 4.69) is 6.58 Å². The van der Waals surface area contributed by atoms with Gasteiger partial charge in [0, 0.05) is 5.57 Å². The first-order chi connectivity index (χ1) is 7.09. The minimum atomic E-state index is -0.636. The summed E-state index contributed by atoms with van der Waals surface area (Å²) in [5.41, 5.74) is 0.243. The molecule has 0 amide bonds. The van der Waals surface area contributed by atoms with Crippen molar-refractivity contribution in [2.24, 2.45) is 5.92 Å². The van der Waals surface area contributed by atoms with Crippen LogP contribution in [-0.4, -0.2) is 24.1 Å². The van der Waals surface area contributed by atoms with Crippen LogP contribution in [0.25, 0.3) is 0 Å². The number of hydrogen-bond acceptors (Lipinski definition) is 4. The minimum absolute atomic E-state index is 0.0100. The fraction of sp³-hybridized carbons (Fsp3) is 0.636. The lowest BCUT2D eigenvalue weighted by atomic mass is 9.89. The normalized spacial score (nSPS) is 32.7. The van der Waals surface area contributed by atoms with Crippen molar-refractivity contribution in [2.45, 2.75) is 38.4 Å². The number of carbonyl (C=O) groups excluding carboxylic acids is 2. The molecule has 2 fully saturated rings. The summed E-state index contributed by atoms with van der Waals surface area (Å²) in [6.07, 6.45) is 2.94. The molecule has 1 heterocycles. The number of hydrogen-bond donors (Lipinski definition) is 0. The molecule has 0 N–H and O–H groups in total. The van der Waals surface area contributed by atoms with Crippen LogP contribution in [0.15, 0.2) is 12.2 Å². The van der Waals surface area contributed by atoms with E-state index in [0.717, 1.165) is 19.3 Å². The van der Waals surface area contributed by atoms with Crippen molar-refractivity contribution in [2.75, 3.05) is 0 Å². The average molecular weight is 210 g/mol. The molecule has 3 unspecified atom stereocenters. The second kappa shape index (κ2) is 3.77. The van der Waals surface area contributed by atoms with Gasteiger partial charge in [0.25, 0.3) is 0 Å². The zero-order chi connectivity index (χ0) is 11.0. The first-order valence-corrected chi connectivity index (χ1v) is 5.16. The summed E-state index contributed by atoms with van der Waals surface area (Å²) < 4.78 is 10.0. The summed E-state index contributed by atoms with van der Waals surface area (Å²) in [6, 6.07) is 0. The van der Waals surface area contributed by atoms with Gasteiger partial charge in [0.15, 0.2) is 0 Å². The van der Waals surface area contributed by atoms with Crippen LogP contribution in [0.2, 0.25) is 0 Å². The monoisotopic (exact) mass is 210 g/mol. The number of carbonyl (C=O) groups is 2. The molecule has 0 radical (unpaired) electrons. The first-order valence-electron chi connectivity index (χ1n) is 5.16. The third-order valence-corrected chi connectivity index (χ3v) is 2.87. The quantitative estimate of drug-likeness (QED) is 0.297. The van der Waals surface area contributed by atoms with Gasteiger partial charge in [0.05, 0.1) is 18.1 Å². The Morgan fingerprint density at radius 1 is 1.40 bits per heavy atom. The molecular weight excluding hydrogens is 196 g/mol. The number of esters is 2. The van der Waals surface area contributed by atoms with Gasteiger partial charge in [0.2, 0.25) is 0 Å². The molecule has 15 heavy (non-hydrogen) atoms. The molecule has 0 bridgehead atoms. The second-order valence-corrected chi connectivity index (χ2v) is 4.17. The smallest absolute Gasteiger partial charge is 0.340 e. The molecule has 3 atom stereocenters. The van der Waals surface area contributed by atoms with E-state index in [1.54, 1.807) is 0 Å². The summed E-state index contributed by atoms with van der Waals surface area (Å²) in [7, 11) is 0. The Morgan fingerprint density at radius 3 is 2.80 bits per heavy atom. The number of epoxide rings is 1. The minimum Gasteiger partial charge on any atom is -0.389 e. The topological polar surface area (TPSA) is 55.9 Å². The van der Waals surface area contributed by atoms with Gasteiger partial charge >= 0.3 is 11.9 Å². The van der Waals surface area contributed by atoms with Crippen molar-refractivity contribution >= 4 is 11.9 Å². The predicted octanol–water partition coefficient (Wildman–Crippen LogP) is 1.20. The van der Waals surface area contributed by atoms with Gasteiger partial charge in [-0.05, 0) is 26.2 Å². The summed E-state index contributed by atoms with van der Waals surface area (Å²) >= 11 is 0. The molecule has 0 spiro atoms. The largest absolute Gasteiger partial charge is 0.389 e. The van der Waals surface area contributed by atoms with Crippen LogP contribution in [0.1, 0.15) is 26.2 Å². The maximum absolute atomic E-state index is 11.6. The Morgan fingerprint density at radius 2 is 2.13 bits per heavy atom. The Labute approximate surface area is 88.2 Å². The fourth-order valence-corrected chi connectivity index (χ4v) is 1.95. The molecule has 82 valence electrons. The van der Waals surface area contributed by atoms with Gasteiger partial charge in [-0.2, -0.15) is 0 Å². The van der Waals surface area contributed by atoms with Gasteiger partial charge in [-0.15, -0.1) is 0 Å². The summed E-state index contributed by atoms with van der Waals surface area (Å²) in [5.74, 6) is -1.36. The number of fused-ring (bicyclic) bond motifs is 1. The van der Waals surface area contributed by atoms with Crippen molar-refractivity contribution in [3.05, 3.63) is 12.2 Å². The van der Waals surface area contributed by atoms with Crippen molar-refractivity contribution in [3.8, 4) is 0 Å². The lowest BCUT2D eigenvalue weighted by molar-refractivity contribution is -0.160. The molecule has 4 heteroatoms. The van der Waals surface area contributed by atoms with Crippen molar-refractivity contribution in [1.82, 2.24) is 0 Å². The molecule has 2 rings (SSSR count). The Bertz CT molecular complexity index is 321. The van der Waals surface area contributed by atoms with E-state index in [0.29, 0.717) is 0 Å². The second-order valence-electron chi connectivity index (χ2n) is 4.17. The van der Waals surface area contributed by atoms with Crippen LogP contribution in [0.3, 0.4) is 0 Å². The van der Waals surface area contributed by atoms with Gasteiger partial charge in [-0.3, -0.25) is 4.79 Å². The molecule has 0 aromatic carbocycles. The van der Waals surface area contributed by atoms with E-state index >= 15 is 0 Å². The van der Waals surface area contributed by atoms with E-state index in [-0.39, 0.29) is 23.7 Å². The standard InChI is InChI=1S/C11H14O4/c1-6(2)10(12)15-11(13)7-4-3-5-8-9(7)14-8/h7-9H,1,3-5H2,2H3. The van der Waals surface area contributed by atoms with Crippen LogP contribution in [0.4, 0.5) is 0 Å². The molecule has 1 aliphatic heterocycles. The van der Waals surface area contributed by atoms with Crippen molar-refractivity contribution in [3.63, 3.8) is 0 Å². The van der Waals surface area contributed by atoms with E-state index in [9.17, 15) is 9.59 Å². The van der Waals surface area contributed by atoms with Gasteiger partial charge in [-0.1, -0.05) is 6.58 Å². The number of rotatable bonds is 2. The highest BCUT2D eigenvalue weighted by Gasteiger charge is 2.51. The van der Waals surface area contributed by atoms with Crippen LogP contribution < -0.4 is 0 Å².